The molecule has 12 heteroatoms. The number of β-amino-alcohol motifs (C(OH)–C–C–N with tert-alkyl or cyclic N) is 1. The predicted octanol–water partition coefficient (Wildman–Crippen LogP) is 3.66. The second-order valence-electron chi connectivity index (χ2n) is 12.1. The summed E-state index contributed by atoms with van der Waals surface area (Å²) in [5, 5.41) is 21.8. The number of fused-ring (bicyclic) bond motifs is 3. The van der Waals surface area contributed by atoms with E-state index >= 15 is 4.39 Å². The van der Waals surface area contributed by atoms with Crippen LogP contribution in [-0.2, 0) is 0 Å². The monoisotopic (exact) mass is 604 g/mol. The number of rotatable bonds is 5. The standard InChI is InChI=1S/C32H31F3N6O3/c1-2-22-25(34)5-4-17-8-20(42)10-23(26(17)22)28-27(35)29-24(12-37-28)30(40-14-19(36)9-21(43)15-40)39-31(38-29)44-16-32-6-3-7-41(32)13-18(33)11-32/h1,4-5,8,10,12,18-19,21,42-43H,3,6-7,9,11,13-16,36H2/t18-,19+,21+,32+/m1/s1. The summed E-state index contributed by atoms with van der Waals surface area (Å²) in [7, 11) is 0. The van der Waals surface area contributed by atoms with Gasteiger partial charge in [-0.05, 0) is 49.4 Å². The van der Waals surface area contributed by atoms with E-state index in [0.717, 1.165) is 19.4 Å². The lowest BCUT2D eigenvalue weighted by atomic mass is 9.95. The third kappa shape index (κ3) is 4.76. The Balaban J connectivity index is 1.39. The summed E-state index contributed by atoms with van der Waals surface area (Å²) in [6.07, 6.45) is 7.78. The van der Waals surface area contributed by atoms with Gasteiger partial charge in [-0.2, -0.15) is 9.97 Å². The lowest BCUT2D eigenvalue weighted by Crippen LogP contribution is -2.49. The number of hydrogen-bond acceptors (Lipinski definition) is 9. The van der Waals surface area contributed by atoms with Crippen LogP contribution in [-0.4, -0.2) is 86.7 Å². The maximum absolute atomic E-state index is 16.7. The molecule has 0 unspecified atom stereocenters. The number of terminal acetylenes is 1. The Hall–Kier alpha value is -4.18. The third-order valence-corrected chi connectivity index (χ3v) is 9.09. The van der Waals surface area contributed by atoms with Gasteiger partial charge in [0.15, 0.2) is 5.82 Å². The number of phenolic OH excluding ortho intramolecular Hbond substituents is 1. The molecule has 0 spiro atoms. The summed E-state index contributed by atoms with van der Waals surface area (Å²) < 4.78 is 51.9. The molecule has 3 fully saturated rings. The first-order chi connectivity index (χ1) is 21.2. The van der Waals surface area contributed by atoms with E-state index in [0.29, 0.717) is 31.3 Å². The molecule has 2 aromatic heterocycles. The fourth-order valence-corrected chi connectivity index (χ4v) is 7.20. The summed E-state index contributed by atoms with van der Waals surface area (Å²) in [6.45, 7) is 1.79. The van der Waals surface area contributed by atoms with Crippen LogP contribution in [0.4, 0.5) is 19.0 Å². The van der Waals surface area contributed by atoms with Crippen LogP contribution < -0.4 is 15.4 Å². The fraction of sp³-hybridized carbons (Fsp3) is 0.406. The SMILES string of the molecule is C#Cc1c(F)ccc2cc(O)cc(-c3ncc4c(N5C[C@@H](N)C[C@H](O)C5)nc(OC[C@@]56CCCN5C[C@H](F)C6)nc4c3F)c12. The molecule has 3 aliphatic rings. The Labute approximate surface area is 251 Å². The van der Waals surface area contributed by atoms with E-state index in [1.165, 1.54) is 30.5 Å². The van der Waals surface area contributed by atoms with Crippen molar-refractivity contribution in [2.75, 3.05) is 37.7 Å². The number of benzene rings is 2. The minimum atomic E-state index is -0.954. The molecule has 4 aromatic rings. The second kappa shape index (κ2) is 10.8. The maximum atomic E-state index is 16.7. The number of phenols is 1. The summed E-state index contributed by atoms with van der Waals surface area (Å²) in [6, 6.07) is 4.85. The molecule has 44 heavy (non-hydrogen) atoms. The van der Waals surface area contributed by atoms with Gasteiger partial charge >= 0.3 is 6.01 Å². The van der Waals surface area contributed by atoms with Gasteiger partial charge in [0.05, 0.1) is 22.6 Å². The van der Waals surface area contributed by atoms with Crippen LogP contribution in [0.3, 0.4) is 0 Å². The van der Waals surface area contributed by atoms with Crippen molar-refractivity contribution >= 4 is 27.5 Å². The van der Waals surface area contributed by atoms with Gasteiger partial charge in [0, 0.05) is 49.2 Å². The molecule has 0 radical (unpaired) electrons. The molecule has 7 rings (SSSR count). The number of halogens is 3. The number of piperidine rings is 1. The number of aromatic nitrogens is 3. The van der Waals surface area contributed by atoms with Gasteiger partial charge in [-0.1, -0.05) is 12.0 Å². The molecule has 4 N–H and O–H groups in total. The minimum absolute atomic E-state index is 0.0883. The van der Waals surface area contributed by atoms with Gasteiger partial charge in [-0.3, -0.25) is 9.88 Å². The Morgan fingerprint density at radius 3 is 2.82 bits per heavy atom. The van der Waals surface area contributed by atoms with E-state index in [-0.39, 0.29) is 69.9 Å². The Kier molecular flexibility index (Phi) is 6.99. The molecule has 5 heterocycles. The number of ether oxygens (including phenoxy) is 1. The molecule has 0 aliphatic carbocycles. The Morgan fingerprint density at radius 1 is 1.18 bits per heavy atom. The molecule has 9 nitrogen and oxygen atoms in total. The van der Waals surface area contributed by atoms with E-state index in [9.17, 15) is 19.0 Å². The molecule has 0 bridgehead atoms. The smallest absolute Gasteiger partial charge is 0.319 e. The zero-order valence-corrected chi connectivity index (χ0v) is 23.8. The van der Waals surface area contributed by atoms with Crippen LogP contribution in [0.5, 0.6) is 11.8 Å². The second-order valence-corrected chi connectivity index (χ2v) is 12.1. The van der Waals surface area contributed by atoms with E-state index in [2.05, 4.69) is 25.8 Å². The normalized spacial score (nSPS) is 25.5. The zero-order valence-electron chi connectivity index (χ0n) is 23.8. The summed E-state index contributed by atoms with van der Waals surface area (Å²) in [4.78, 5) is 17.3. The number of nitrogens with two attached hydrogens (primary N) is 1. The highest BCUT2D eigenvalue weighted by Gasteiger charge is 2.49. The molecule has 228 valence electrons. The molecule has 2 aromatic carbocycles. The van der Waals surface area contributed by atoms with Crippen LogP contribution in [0.2, 0.25) is 0 Å². The quantitative estimate of drug-likeness (QED) is 0.293. The fourth-order valence-electron chi connectivity index (χ4n) is 7.20. The van der Waals surface area contributed by atoms with Crippen LogP contribution in [0.25, 0.3) is 32.9 Å². The Morgan fingerprint density at radius 2 is 2.02 bits per heavy atom. The van der Waals surface area contributed by atoms with Gasteiger partial charge in [-0.15, -0.1) is 6.42 Å². The first kappa shape index (κ1) is 28.6. The summed E-state index contributed by atoms with van der Waals surface area (Å²) in [5.74, 6) is 0.900. The third-order valence-electron chi connectivity index (χ3n) is 9.09. The molecule has 3 saturated heterocycles. The van der Waals surface area contributed by atoms with E-state index in [1.807, 2.05) is 0 Å². The van der Waals surface area contributed by atoms with Crippen LogP contribution in [0.15, 0.2) is 30.5 Å². The van der Waals surface area contributed by atoms with Crippen molar-refractivity contribution in [1.29, 1.82) is 0 Å². The number of pyridine rings is 1. The van der Waals surface area contributed by atoms with Crippen molar-refractivity contribution in [1.82, 2.24) is 19.9 Å². The molecule has 3 aliphatic heterocycles. The van der Waals surface area contributed by atoms with Crippen LogP contribution >= 0.6 is 0 Å². The predicted molar refractivity (Wildman–Crippen MR) is 159 cm³/mol. The van der Waals surface area contributed by atoms with Gasteiger partial charge in [-0.25, -0.2) is 13.2 Å². The van der Waals surface area contributed by atoms with Crippen LogP contribution in [0.1, 0.15) is 31.2 Å². The van der Waals surface area contributed by atoms with Crippen LogP contribution in [0, 0.1) is 24.0 Å². The number of aliphatic hydroxyl groups excluding tert-OH is 1. The highest BCUT2D eigenvalue weighted by Crippen LogP contribution is 2.42. The number of nitrogens with zero attached hydrogens (tertiary/aromatic N) is 5. The van der Waals surface area contributed by atoms with Gasteiger partial charge in [0.25, 0.3) is 0 Å². The maximum Gasteiger partial charge on any atom is 0.319 e. The molecule has 0 saturated carbocycles. The van der Waals surface area contributed by atoms with Gasteiger partial charge in [0.2, 0.25) is 0 Å². The van der Waals surface area contributed by atoms with Crippen molar-refractivity contribution in [3.8, 4) is 35.4 Å². The number of aromatic hydroxyl groups is 1. The summed E-state index contributed by atoms with van der Waals surface area (Å²) in [5.41, 5.74) is 5.38. The molecule has 4 atom stereocenters. The zero-order chi connectivity index (χ0) is 30.7. The van der Waals surface area contributed by atoms with Crippen molar-refractivity contribution in [2.24, 2.45) is 5.73 Å². The first-order valence-corrected chi connectivity index (χ1v) is 14.6. The first-order valence-electron chi connectivity index (χ1n) is 14.6. The largest absolute Gasteiger partial charge is 0.508 e. The highest BCUT2D eigenvalue weighted by atomic mass is 19.1. The number of anilines is 1. The average molecular weight is 605 g/mol. The molecular weight excluding hydrogens is 573 g/mol. The minimum Gasteiger partial charge on any atom is -0.508 e. The van der Waals surface area contributed by atoms with E-state index in [1.54, 1.807) is 4.90 Å². The number of hydrogen-bond donors (Lipinski definition) is 3. The van der Waals surface area contributed by atoms with Crippen molar-refractivity contribution < 1.29 is 28.1 Å². The van der Waals surface area contributed by atoms with Gasteiger partial charge in [0.1, 0.15) is 41.4 Å². The van der Waals surface area contributed by atoms with E-state index < -0.39 is 29.4 Å². The average Bonchev–Trinajstić information content (AvgIpc) is 3.51. The van der Waals surface area contributed by atoms with Gasteiger partial charge < -0.3 is 25.6 Å². The molecular formula is C32H31F3N6O3. The van der Waals surface area contributed by atoms with Crippen molar-refractivity contribution in [3.63, 3.8) is 0 Å². The number of aliphatic hydroxyl groups is 1. The van der Waals surface area contributed by atoms with E-state index in [4.69, 9.17) is 16.9 Å². The highest BCUT2D eigenvalue weighted by molar-refractivity contribution is 6.03. The van der Waals surface area contributed by atoms with Crippen molar-refractivity contribution in [3.05, 3.63) is 47.7 Å². The topological polar surface area (TPSA) is 121 Å². The summed E-state index contributed by atoms with van der Waals surface area (Å²) >= 11 is 0. The molecule has 0 amide bonds. The lowest BCUT2D eigenvalue weighted by Gasteiger charge is -2.35. The lowest BCUT2D eigenvalue weighted by molar-refractivity contribution is 0.107. The Bertz CT molecular complexity index is 1820. The van der Waals surface area contributed by atoms with Crippen molar-refractivity contribution in [2.45, 2.75) is 49.5 Å². The number of alkyl halides is 1.